The van der Waals surface area contributed by atoms with E-state index in [-0.39, 0.29) is 18.2 Å². The van der Waals surface area contributed by atoms with Crippen LogP contribution in [0.25, 0.3) is 0 Å². The Morgan fingerprint density at radius 3 is 2.65 bits per heavy atom. The zero-order valence-corrected chi connectivity index (χ0v) is 11.0. The van der Waals surface area contributed by atoms with Gasteiger partial charge in [-0.3, -0.25) is 0 Å². The molecule has 1 aromatic rings. The SMILES string of the molecule is CCOC(=O)c1c(CC)c(C)c[n+]([O-])c1CCl. The van der Waals surface area contributed by atoms with Crippen molar-refractivity contribution < 1.29 is 14.3 Å². The topological polar surface area (TPSA) is 53.2 Å². The highest BCUT2D eigenvalue weighted by Crippen LogP contribution is 2.19. The van der Waals surface area contributed by atoms with Crippen LogP contribution in [0.1, 0.15) is 41.0 Å². The zero-order chi connectivity index (χ0) is 13.0. The molecule has 0 bridgehead atoms. The first kappa shape index (κ1) is 13.8. The van der Waals surface area contributed by atoms with E-state index < -0.39 is 5.97 Å². The van der Waals surface area contributed by atoms with Gasteiger partial charge in [0.15, 0.2) is 6.20 Å². The molecule has 0 aliphatic carbocycles. The minimum absolute atomic E-state index is 0.00900. The fourth-order valence-electron chi connectivity index (χ4n) is 1.84. The van der Waals surface area contributed by atoms with Gasteiger partial charge in [-0.1, -0.05) is 6.92 Å². The normalized spacial score (nSPS) is 10.4. The van der Waals surface area contributed by atoms with Gasteiger partial charge in [0.05, 0.1) is 6.61 Å². The zero-order valence-electron chi connectivity index (χ0n) is 10.2. The first-order valence-corrected chi connectivity index (χ1v) is 6.07. The maximum Gasteiger partial charge on any atom is 0.344 e. The minimum Gasteiger partial charge on any atom is -0.618 e. The van der Waals surface area contributed by atoms with Crippen molar-refractivity contribution in [1.29, 1.82) is 0 Å². The van der Waals surface area contributed by atoms with E-state index >= 15 is 0 Å². The lowest BCUT2D eigenvalue weighted by Gasteiger charge is -2.13. The maximum atomic E-state index is 11.9. The van der Waals surface area contributed by atoms with E-state index in [0.717, 1.165) is 11.1 Å². The third-order valence-electron chi connectivity index (χ3n) is 2.60. The van der Waals surface area contributed by atoms with Crippen molar-refractivity contribution >= 4 is 17.6 Å². The molecule has 0 N–H and O–H groups in total. The summed E-state index contributed by atoms with van der Waals surface area (Å²) in [6.45, 7) is 5.73. The van der Waals surface area contributed by atoms with Crippen LogP contribution in [-0.2, 0) is 17.0 Å². The highest BCUT2D eigenvalue weighted by molar-refractivity contribution is 6.17. The summed E-state index contributed by atoms with van der Waals surface area (Å²) in [7, 11) is 0. The fourth-order valence-corrected chi connectivity index (χ4v) is 2.09. The molecule has 0 saturated carbocycles. The Hall–Kier alpha value is -1.29. The smallest absolute Gasteiger partial charge is 0.344 e. The van der Waals surface area contributed by atoms with Crippen LogP contribution in [0.2, 0.25) is 0 Å². The highest BCUT2D eigenvalue weighted by Gasteiger charge is 2.25. The van der Waals surface area contributed by atoms with Crippen molar-refractivity contribution in [2.24, 2.45) is 0 Å². The standard InChI is InChI=1S/C12H16ClNO3/c1-4-9-8(3)7-14(16)10(6-13)11(9)12(15)17-5-2/h7H,4-6H2,1-3H3. The van der Waals surface area contributed by atoms with Gasteiger partial charge in [0.25, 0.3) is 0 Å². The van der Waals surface area contributed by atoms with Crippen LogP contribution < -0.4 is 4.73 Å². The van der Waals surface area contributed by atoms with E-state index in [4.69, 9.17) is 16.3 Å². The summed E-state index contributed by atoms with van der Waals surface area (Å²) in [4.78, 5) is 11.9. The summed E-state index contributed by atoms with van der Waals surface area (Å²) in [6, 6.07) is 0. The molecule has 94 valence electrons. The van der Waals surface area contributed by atoms with E-state index in [9.17, 15) is 10.0 Å². The van der Waals surface area contributed by atoms with E-state index in [1.807, 2.05) is 6.92 Å². The second-order valence-corrected chi connectivity index (χ2v) is 3.91. The molecule has 0 amide bonds. The number of alkyl halides is 1. The van der Waals surface area contributed by atoms with Crippen LogP contribution in [0, 0.1) is 12.1 Å². The van der Waals surface area contributed by atoms with Gasteiger partial charge in [-0.05, 0) is 25.8 Å². The van der Waals surface area contributed by atoms with Crippen molar-refractivity contribution in [3.05, 3.63) is 33.8 Å². The number of hydrogen-bond donors (Lipinski definition) is 0. The van der Waals surface area contributed by atoms with E-state index in [1.54, 1.807) is 13.8 Å². The van der Waals surface area contributed by atoms with Crippen molar-refractivity contribution in [1.82, 2.24) is 0 Å². The number of halogens is 1. The molecule has 1 heterocycles. The van der Waals surface area contributed by atoms with Gasteiger partial charge in [-0.15, -0.1) is 11.6 Å². The molecule has 1 rings (SSSR count). The van der Waals surface area contributed by atoms with Crippen molar-refractivity contribution in [2.75, 3.05) is 6.61 Å². The van der Waals surface area contributed by atoms with Gasteiger partial charge in [0, 0.05) is 5.56 Å². The molecule has 1 aromatic heterocycles. The molecule has 0 aliphatic heterocycles. The molecule has 4 nitrogen and oxygen atoms in total. The molecular formula is C12H16ClNO3. The van der Waals surface area contributed by atoms with Gasteiger partial charge in [0.1, 0.15) is 11.4 Å². The van der Waals surface area contributed by atoms with Gasteiger partial charge in [0.2, 0.25) is 5.69 Å². The summed E-state index contributed by atoms with van der Waals surface area (Å²) < 4.78 is 5.62. The van der Waals surface area contributed by atoms with Crippen LogP contribution >= 0.6 is 11.6 Å². The summed E-state index contributed by atoms with van der Waals surface area (Å²) >= 11 is 5.73. The number of nitrogens with zero attached hydrogens (tertiary/aromatic N) is 1. The molecule has 0 unspecified atom stereocenters. The Bertz CT molecular complexity index is 404. The van der Waals surface area contributed by atoms with Gasteiger partial charge in [-0.2, -0.15) is 4.73 Å². The lowest BCUT2D eigenvalue weighted by molar-refractivity contribution is -0.613. The van der Waals surface area contributed by atoms with Crippen LogP contribution in [0.4, 0.5) is 0 Å². The number of ether oxygens (including phenoxy) is 1. The van der Waals surface area contributed by atoms with Crippen molar-refractivity contribution in [3.8, 4) is 0 Å². The lowest BCUT2D eigenvalue weighted by atomic mass is 10.00. The molecule has 0 fully saturated rings. The summed E-state index contributed by atoms with van der Waals surface area (Å²) in [6.07, 6.45) is 2.10. The molecular weight excluding hydrogens is 242 g/mol. The maximum absolute atomic E-state index is 11.9. The average Bonchev–Trinajstić information content (AvgIpc) is 2.28. The van der Waals surface area contributed by atoms with Crippen LogP contribution in [0.15, 0.2) is 6.20 Å². The number of carbonyl (C=O) groups is 1. The molecule has 0 atom stereocenters. The summed E-state index contributed by atoms with van der Waals surface area (Å²) in [5.74, 6) is -0.487. The van der Waals surface area contributed by atoms with Crippen LogP contribution in [0.5, 0.6) is 0 Å². The van der Waals surface area contributed by atoms with Crippen molar-refractivity contribution in [3.63, 3.8) is 0 Å². The second kappa shape index (κ2) is 5.87. The van der Waals surface area contributed by atoms with Crippen molar-refractivity contribution in [2.45, 2.75) is 33.1 Å². The van der Waals surface area contributed by atoms with E-state index in [1.165, 1.54) is 6.20 Å². The predicted molar refractivity (Wildman–Crippen MR) is 65.0 cm³/mol. The number of esters is 1. The number of carbonyl (C=O) groups excluding carboxylic acids is 1. The number of hydrogen-bond acceptors (Lipinski definition) is 3. The van der Waals surface area contributed by atoms with Gasteiger partial charge < -0.3 is 9.94 Å². The molecule has 0 spiro atoms. The third kappa shape index (κ3) is 2.69. The third-order valence-corrected chi connectivity index (χ3v) is 2.86. The largest absolute Gasteiger partial charge is 0.618 e. The van der Waals surface area contributed by atoms with Gasteiger partial charge >= 0.3 is 5.97 Å². The Kier molecular flexibility index (Phi) is 4.75. The first-order chi connectivity index (χ1) is 8.06. The van der Waals surface area contributed by atoms with E-state index in [2.05, 4.69) is 0 Å². The number of aromatic nitrogens is 1. The minimum atomic E-state index is -0.478. The number of rotatable bonds is 4. The van der Waals surface area contributed by atoms with Crippen LogP contribution in [-0.4, -0.2) is 12.6 Å². The molecule has 17 heavy (non-hydrogen) atoms. The molecule has 0 aliphatic rings. The predicted octanol–water partition coefficient (Wildman–Crippen LogP) is 2.11. The Morgan fingerprint density at radius 1 is 1.53 bits per heavy atom. The van der Waals surface area contributed by atoms with Crippen LogP contribution in [0.3, 0.4) is 0 Å². The van der Waals surface area contributed by atoms with Gasteiger partial charge in [-0.25, -0.2) is 4.79 Å². The summed E-state index contributed by atoms with van der Waals surface area (Å²) in [5.41, 5.74) is 2.18. The molecule has 0 radical (unpaired) electrons. The summed E-state index contributed by atoms with van der Waals surface area (Å²) in [5, 5.41) is 11.7. The number of aryl methyl sites for hydroxylation is 1. The average molecular weight is 258 g/mol. The monoisotopic (exact) mass is 257 g/mol. The quantitative estimate of drug-likeness (QED) is 0.359. The molecule has 0 aromatic carbocycles. The fraction of sp³-hybridized carbons (Fsp3) is 0.500. The Balaban J connectivity index is 3.45. The Labute approximate surface area is 106 Å². The lowest BCUT2D eigenvalue weighted by Crippen LogP contribution is -2.35. The second-order valence-electron chi connectivity index (χ2n) is 3.65. The Morgan fingerprint density at radius 2 is 2.18 bits per heavy atom. The number of pyridine rings is 1. The van der Waals surface area contributed by atoms with E-state index in [0.29, 0.717) is 16.7 Å². The first-order valence-electron chi connectivity index (χ1n) is 5.54. The molecule has 0 saturated heterocycles. The molecule has 5 heteroatoms. The highest BCUT2D eigenvalue weighted by atomic mass is 35.5.